The molecule has 0 aliphatic carbocycles. The Morgan fingerprint density at radius 2 is 1.75 bits per heavy atom. The molecule has 0 bridgehead atoms. The molecule has 0 atom stereocenters. The van der Waals surface area contributed by atoms with E-state index in [1.165, 1.54) is 18.2 Å². The molecular formula is C23H19ClN4O3S. The van der Waals surface area contributed by atoms with Crippen LogP contribution in [-0.4, -0.2) is 23.9 Å². The van der Waals surface area contributed by atoms with Crippen molar-refractivity contribution in [2.75, 3.05) is 4.72 Å². The highest BCUT2D eigenvalue weighted by Gasteiger charge is 2.20. The average Bonchev–Trinajstić information content (AvgIpc) is 3.33. The Hall–Kier alpha value is -3.62. The summed E-state index contributed by atoms with van der Waals surface area (Å²) in [5, 5.41) is 2.83. The van der Waals surface area contributed by atoms with E-state index in [0.29, 0.717) is 5.69 Å². The Morgan fingerprint density at radius 3 is 2.44 bits per heavy atom. The molecule has 0 fully saturated rings. The van der Waals surface area contributed by atoms with Gasteiger partial charge in [0.25, 0.3) is 15.9 Å². The number of aromatic nitrogens is 2. The van der Waals surface area contributed by atoms with Crippen LogP contribution in [0.5, 0.6) is 0 Å². The fourth-order valence-electron chi connectivity index (χ4n) is 3.05. The van der Waals surface area contributed by atoms with Gasteiger partial charge in [0, 0.05) is 35.9 Å². The summed E-state index contributed by atoms with van der Waals surface area (Å²) in [6, 6.07) is 20.3. The number of hydrogen-bond acceptors (Lipinski definition) is 4. The molecule has 1 heterocycles. The Kier molecular flexibility index (Phi) is 6.25. The number of halogens is 1. The van der Waals surface area contributed by atoms with Crippen molar-refractivity contribution in [3.8, 4) is 5.69 Å². The van der Waals surface area contributed by atoms with Crippen molar-refractivity contribution in [1.29, 1.82) is 0 Å². The van der Waals surface area contributed by atoms with E-state index in [0.717, 1.165) is 11.3 Å². The molecule has 2 N–H and O–H groups in total. The third-order valence-corrected chi connectivity index (χ3v) is 6.56. The first-order valence-electron chi connectivity index (χ1n) is 9.65. The van der Waals surface area contributed by atoms with Crippen molar-refractivity contribution in [3.05, 3.63) is 108 Å². The summed E-state index contributed by atoms with van der Waals surface area (Å²) in [5.41, 5.74) is 2.45. The lowest BCUT2D eigenvalue weighted by Gasteiger charge is -2.12. The van der Waals surface area contributed by atoms with Crippen LogP contribution in [0.15, 0.2) is 96.4 Å². The summed E-state index contributed by atoms with van der Waals surface area (Å²) in [5.74, 6) is -0.406. The topological polar surface area (TPSA) is 93.1 Å². The summed E-state index contributed by atoms with van der Waals surface area (Å²) in [6.07, 6.45) is 5.25. The van der Waals surface area contributed by atoms with E-state index in [2.05, 4.69) is 15.0 Å². The highest BCUT2D eigenvalue weighted by Crippen LogP contribution is 2.25. The molecule has 32 heavy (non-hydrogen) atoms. The predicted octanol–water partition coefficient (Wildman–Crippen LogP) is 4.26. The van der Waals surface area contributed by atoms with E-state index in [9.17, 15) is 13.2 Å². The third-order valence-electron chi connectivity index (χ3n) is 4.70. The number of amides is 1. The standard InChI is InChI=1S/C23H19ClN4O3S/c24-21-11-8-18(14-22(21)32(30,31)27-19-4-2-1-3-5-19)23(29)26-15-17-6-9-20(10-7-17)28-13-12-25-16-28/h1-14,16,27H,15H2,(H,26,29). The van der Waals surface area contributed by atoms with Gasteiger partial charge in [-0.25, -0.2) is 13.4 Å². The van der Waals surface area contributed by atoms with Crippen molar-refractivity contribution in [1.82, 2.24) is 14.9 Å². The molecule has 0 saturated heterocycles. The molecule has 3 aromatic carbocycles. The van der Waals surface area contributed by atoms with Crippen LogP contribution in [-0.2, 0) is 16.6 Å². The molecule has 0 aliphatic rings. The number of imidazole rings is 1. The number of nitrogens with zero attached hydrogens (tertiary/aromatic N) is 2. The molecule has 7 nitrogen and oxygen atoms in total. The van der Waals surface area contributed by atoms with E-state index < -0.39 is 15.9 Å². The van der Waals surface area contributed by atoms with Crippen LogP contribution in [0.4, 0.5) is 5.69 Å². The number of anilines is 1. The van der Waals surface area contributed by atoms with E-state index in [4.69, 9.17) is 11.6 Å². The van der Waals surface area contributed by atoms with Crippen LogP contribution in [0.25, 0.3) is 5.69 Å². The maximum absolute atomic E-state index is 12.8. The van der Waals surface area contributed by atoms with Crippen LogP contribution in [0.3, 0.4) is 0 Å². The molecule has 9 heteroatoms. The molecule has 0 saturated carbocycles. The summed E-state index contributed by atoms with van der Waals surface area (Å²) in [7, 11) is -3.96. The van der Waals surface area contributed by atoms with Crippen molar-refractivity contribution >= 4 is 33.2 Å². The number of para-hydroxylation sites is 1. The van der Waals surface area contributed by atoms with Crippen molar-refractivity contribution in [2.24, 2.45) is 0 Å². The van der Waals surface area contributed by atoms with Gasteiger partial charge < -0.3 is 9.88 Å². The Labute approximate surface area is 190 Å². The van der Waals surface area contributed by atoms with Gasteiger partial charge in [-0.15, -0.1) is 0 Å². The Bertz CT molecular complexity index is 1320. The largest absolute Gasteiger partial charge is 0.348 e. The van der Waals surface area contributed by atoms with Crippen LogP contribution in [0.1, 0.15) is 15.9 Å². The Morgan fingerprint density at radius 1 is 1.00 bits per heavy atom. The van der Waals surface area contributed by atoms with Crippen LogP contribution >= 0.6 is 11.6 Å². The average molecular weight is 467 g/mol. The van der Waals surface area contributed by atoms with Gasteiger partial charge in [0.05, 0.1) is 11.3 Å². The summed E-state index contributed by atoms with van der Waals surface area (Å²) in [4.78, 5) is 16.5. The molecule has 0 radical (unpaired) electrons. The van der Waals surface area contributed by atoms with Gasteiger partial charge in [0.2, 0.25) is 0 Å². The van der Waals surface area contributed by atoms with Crippen molar-refractivity contribution in [3.63, 3.8) is 0 Å². The number of carbonyl (C=O) groups excluding carboxylic acids is 1. The molecule has 162 valence electrons. The molecule has 4 rings (SSSR count). The molecule has 1 amide bonds. The fraction of sp³-hybridized carbons (Fsp3) is 0.0435. The minimum Gasteiger partial charge on any atom is -0.348 e. The van der Waals surface area contributed by atoms with E-state index in [1.807, 2.05) is 35.0 Å². The summed E-state index contributed by atoms with van der Waals surface area (Å²) < 4.78 is 29.9. The third kappa shape index (κ3) is 4.99. The molecular weight excluding hydrogens is 448 g/mol. The van der Waals surface area contributed by atoms with Crippen LogP contribution in [0.2, 0.25) is 5.02 Å². The second-order valence-electron chi connectivity index (χ2n) is 6.94. The van der Waals surface area contributed by atoms with Gasteiger partial charge in [-0.2, -0.15) is 0 Å². The summed E-state index contributed by atoms with van der Waals surface area (Å²) >= 11 is 6.12. The zero-order valence-electron chi connectivity index (χ0n) is 16.8. The first-order valence-corrected chi connectivity index (χ1v) is 11.5. The molecule has 0 unspecified atom stereocenters. The maximum atomic E-state index is 12.8. The monoisotopic (exact) mass is 466 g/mol. The predicted molar refractivity (Wildman–Crippen MR) is 123 cm³/mol. The van der Waals surface area contributed by atoms with Crippen molar-refractivity contribution < 1.29 is 13.2 Å². The summed E-state index contributed by atoms with van der Waals surface area (Å²) in [6.45, 7) is 0.288. The van der Waals surface area contributed by atoms with E-state index >= 15 is 0 Å². The smallest absolute Gasteiger partial charge is 0.263 e. The first-order chi connectivity index (χ1) is 15.4. The fourth-order valence-corrected chi connectivity index (χ4v) is 4.63. The number of sulfonamides is 1. The van der Waals surface area contributed by atoms with Gasteiger partial charge in [-0.05, 0) is 48.0 Å². The van der Waals surface area contributed by atoms with Gasteiger partial charge in [-0.1, -0.05) is 41.9 Å². The number of carbonyl (C=O) groups is 1. The van der Waals surface area contributed by atoms with Crippen LogP contribution < -0.4 is 10.0 Å². The number of rotatable bonds is 7. The second kappa shape index (κ2) is 9.25. The molecule has 0 spiro atoms. The molecule has 4 aromatic rings. The van der Waals surface area contributed by atoms with Gasteiger partial charge >= 0.3 is 0 Å². The van der Waals surface area contributed by atoms with Gasteiger partial charge in [0.15, 0.2) is 0 Å². The maximum Gasteiger partial charge on any atom is 0.263 e. The van der Waals surface area contributed by atoms with E-state index in [-0.39, 0.29) is 22.0 Å². The van der Waals surface area contributed by atoms with Gasteiger partial charge in [0.1, 0.15) is 4.90 Å². The quantitative estimate of drug-likeness (QED) is 0.425. The Balaban J connectivity index is 1.46. The highest BCUT2D eigenvalue weighted by molar-refractivity contribution is 7.92. The lowest BCUT2D eigenvalue weighted by atomic mass is 10.2. The minimum atomic E-state index is -3.96. The number of hydrogen-bond donors (Lipinski definition) is 2. The highest BCUT2D eigenvalue weighted by atomic mass is 35.5. The van der Waals surface area contributed by atoms with Crippen LogP contribution in [0, 0.1) is 0 Å². The minimum absolute atomic E-state index is 0.0278. The molecule has 1 aromatic heterocycles. The zero-order valence-corrected chi connectivity index (χ0v) is 18.3. The number of benzene rings is 3. The SMILES string of the molecule is O=C(NCc1ccc(-n2ccnc2)cc1)c1ccc(Cl)c(S(=O)(=O)Nc2ccccc2)c1. The zero-order chi connectivity index (χ0) is 22.6. The normalized spacial score (nSPS) is 11.2. The second-order valence-corrected chi connectivity index (χ2v) is 8.99. The lowest BCUT2D eigenvalue weighted by Crippen LogP contribution is -2.23. The van der Waals surface area contributed by atoms with Gasteiger partial charge in [-0.3, -0.25) is 9.52 Å². The van der Waals surface area contributed by atoms with E-state index in [1.54, 1.807) is 42.9 Å². The molecule has 0 aliphatic heterocycles. The van der Waals surface area contributed by atoms with Crippen molar-refractivity contribution in [2.45, 2.75) is 11.4 Å². The number of nitrogens with one attached hydrogen (secondary N) is 2. The lowest BCUT2D eigenvalue weighted by molar-refractivity contribution is 0.0950. The first kappa shape index (κ1) is 21.6.